The third kappa shape index (κ3) is 3.16. The number of benzene rings is 1. The fourth-order valence-electron chi connectivity index (χ4n) is 4.28. The topological polar surface area (TPSA) is 87.2 Å². The molecule has 2 aliphatic heterocycles. The highest BCUT2D eigenvalue weighted by Crippen LogP contribution is 2.45. The highest BCUT2D eigenvalue weighted by Gasteiger charge is 2.62. The van der Waals surface area contributed by atoms with E-state index in [1.54, 1.807) is 43.0 Å². The molecule has 2 aliphatic rings. The molecular weight excluding hydrogens is 374 g/mol. The van der Waals surface area contributed by atoms with Crippen LogP contribution in [0.15, 0.2) is 24.3 Å². The van der Waals surface area contributed by atoms with Gasteiger partial charge in [-0.05, 0) is 39.8 Å². The highest BCUT2D eigenvalue weighted by molar-refractivity contribution is 6.15. The van der Waals surface area contributed by atoms with Crippen molar-refractivity contribution in [3.8, 4) is 0 Å². The van der Waals surface area contributed by atoms with Crippen molar-refractivity contribution in [1.82, 2.24) is 9.80 Å². The summed E-state index contributed by atoms with van der Waals surface area (Å²) in [6, 6.07) is 6.41. The Bertz CT molecular complexity index is 848. The Labute approximate surface area is 170 Å². The Morgan fingerprint density at radius 1 is 1.17 bits per heavy atom. The number of para-hydroxylation sites is 1. The lowest BCUT2D eigenvalue weighted by Gasteiger charge is -2.50. The minimum absolute atomic E-state index is 0.115. The van der Waals surface area contributed by atoms with E-state index in [9.17, 15) is 19.2 Å². The molecule has 8 nitrogen and oxygen atoms in total. The van der Waals surface area contributed by atoms with Crippen LogP contribution in [-0.2, 0) is 19.1 Å². The Balaban J connectivity index is 2.01. The maximum absolute atomic E-state index is 13.3. The summed E-state index contributed by atoms with van der Waals surface area (Å²) in [5.41, 5.74) is -0.789. The van der Waals surface area contributed by atoms with Gasteiger partial charge in [-0.2, -0.15) is 0 Å². The average Bonchev–Trinajstić information content (AvgIpc) is 3.05. The number of anilines is 1. The predicted octanol–water partition coefficient (Wildman–Crippen LogP) is 1.79. The molecule has 0 bridgehead atoms. The van der Waals surface area contributed by atoms with E-state index >= 15 is 0 Å². The van der Waals surface area contributed by atoms with Crippen LogP contribution < -0.4 is 4.90 Å². The Hall–Kier alpha value is -2.90. The largest absolute Gasteiger partial charge is 0.452 e. The van der Waals surface area contributed by atoms with E-state index < -0.39 is 18.2 Å². The molecule has 0 spiro atoms. The molecule has 0 unspecified atom stereocenters. The molecule has 0 aromatic heterocycles. The molecule has 1 saturated heterocycles. The minimum Gasteiger partial charge on any atom is -0.452 e. The lowest BCUT2D eigenvalue weighted by atomic mass is 9.95. The van der Waals surface area contributed by atoms with Crippen LogP contribution in [0.4, 0.5) is 5.69 Å². The maximum atomic E-state index is 13.3. The van der Waals surface area contributed by atoms with Gasteiger partial charge in [-0.25, -0.2) is 4.79 Å². The van der Waals surface area contributed by atoms with E-state index in [1.165, 1.54) is 9.80 Å². The Morgan fingerprint density at radius 2 is 1.83 bits per heavy atom. The van der Waals surface area contributed by atoms with Crippen LogP contribution in [-0.4, -0.2) is 64.9 Å². The van der Waals surface area contributed by atoms with Gasteiger partial charge in [0.25, 0.3) is 11.8 Å². The van der Waals surface area contributed by atoms with Crippen LogP contribution in [0.2, 0.25) is 0 Å². The standard InChI is InChI=1S/C21H27N3O5/c1-5-22(6-2)18(26)13-29-20(28)21-12-11-17(25)24(21)16-10-8-7-9-15(16)19(27)23(21)14(3)4/h7-10,14H,5-6,11-13H2,1-4H3/t21-/m1/s1. The molecule has 156 valence electrons. The molecule has 3 amide bonds. The second kappa shape index (κ2) is 7.85. The number of carbonyl (C=O) groups is 4. The summed E-state index contributed by atoms with van der Waals surface area (Å²) in [5.74, 6) is -1.63. The number of esters is 1. The summed E-state index contributed by atoms with van der Waals surface area (Å²) >= 11 is 0. The highest BCUT2D eigenvalue weighted by atomic mass is 16.5. The van der Waals surface area contributed by atoms with Crippen LogP contribution >= 0.6 is 0 Å². The quantitative estimate of drug-likeness (QED) is 0.678. The van der Waals surface area contributed by atoms with E-state index in [1.807, 2.05) is 13.8 Å². The number of ether oxygens (including phenoxy) is 1. The van der Waals surface area contributed by atoms with Crippen LogP contribution in [0.1, 0.15) is 50.9 Å². The van der Waals surface area contributed by atoms with Crippen molar-refractivity contribution in [3.63, 3.8) is 0 Å². The van der Waals surface area contributed by atoms with Crippen molar-refractivity contribution in [3.05, 3.63) is 29.8 Å². The summed E-state index contributed by atoms with van der Waals surface area (Å²) in [7, 11) is 0. The van der Waals surface area contributed by atoms with E-state index in [0.29, 0.717) is 24.3 Å². The lowest BCUT2D eigenvalue weighted by molar-refractivity contribution is -0.163. The first-order chi connectivity index (χ1) is 13.8. The fraction of sp³-hybridized carbons (Fsp3) is 0.524. The number of carbonyl (C=O) groups excluding carboxylic acids is 4. The number of hydrogen-bond donors (Lipinski definition) is 0. The first-order valence-electron chi connectivity index (χ1n) is 10.00. The molecule has 29 heavy (non-hydrogen) atoms. The zero-order valence-corrected chi connectivity index (χ0v) is 17.3. The van der Waals surface area contributed by atoms with Gasteiger partial charge >= 0.3 is 5.97 Å². The molecule has 0 N–H and O–H groups in total. The average molecular weight is 401 g/mol. The number of likely N-dealkylation sites (N-methyl/N-ethyl adjacent to an activating group) is 1. The molecule has 8 heteroatoms. The molecule has 1 aromatic rings. The van der Waals surface area contributed by atoms with Crippen LogP contribution in [0.5, 0.6) is 0 Å². The molecule has 1 aromatic carbocycles. The molecule has 0 radical (unpaired) electrons. The van der Waals surface area contributed by atoms with Gasteiger partial charge in [0.15, 0.2) is 6.61 Å². The molecule has 0 aliphatic carbocycles. The van der Waals surface area contributed by atoms with Crippen molar-refractivity contribution < 1.29 is 23.9 Å². The first-order valence-corrected chi connectivity index (χ1v) is 10.00. The monoisotopic (exact) mass is 401 g/mol. The number of rotatable bonds is 6. The van der Waals surface area contributed by atoms with Crippen molar-refractivity contribution in [2.75, 3.05) is 24.6 Å². The first kappa shape index (κ1) is 20.8. The number of amides is 3. The Kier molecular flexibility index (Phi) is 5.64. The van der Waals surface area contributed by atoms with Gasteiger partial charge in [0.1, 0.15) is 0 Å². The predicted molar refractivity (Wildman–Crippen MR) is 106 cm³/mol. The van der Waals surface area contributed by atoms with Gasteiger partial charge in [-0.3, -0.25) is 19.3 Å². The minimum atomic E-state index is -1.57. The van der Waals surface area contributed by atoms with Crippen LogP contribution in [0.25, 0.3) is 0 Å². The number of nitrogens with zero attached hydrogens (tertiary/aromatic N) is 3. The van der Waals surface area contributed by atoms with E-state index in [4.69, 9.17) is 4.74 Å². The molecule has 1 fully saturated rings. The third-order valence-electron chi connectivity index (χ3n) is 5.59. The van der Waals surface area contributed by atoms with Gasteiger partial charge in [-0.1, -0.05) is 12.1 Å². The normalized spacial score (nSPS) is 20.6. The number of fused-ring (bicyclic) bond motifs is 3. The SMILES string of the molecule is CCN(CC)C(=O)COC(=O)[C@@]12CCC(=O)N1c1ccccc1C(=O)N2C(C)C. The van der Waals surface area contributed by atoms with Crippen molar-refractivity contribution in [1.29, 1.82) is 0 Å². The van der Waals surface area contributed by atoms with Gasteiger partial charge in [0.05, 0.1) is 11.3 Å². The second-order valence-electron chi connectivity index (χ2n) is 7.47. The van der Waals surface area contributed by atoms with Crippen molar-refractivity contribution >= 4 is 29.4 Å². The van der Waals surface area contributed by atoms with Gasteiger partial charge in [-0.15, -0.1) is 0 Å². The van der Waals surface area contributed by atoms with E-state index in [-0.39, 0.29) is 36.6 Å². The summed E-state index contributed by atoms with van der Waals surface area (Å²) in [5, 5.41) is 0. The molecule has 2 heterocycles. The smallest absolute Gasteiger partial charge is 0.354 e. The summed E-state index contributed by atoms with van der Waals surface area (Å²) in [6.07, 6.45) is 0.242. The fourth-order valence-corrected chi connectivity index (χ4v) is 4.28. The number of hydrogen-bond acceptors (Lipinski definition) is 5. The van der Waals surface area contributed by atoms with Gasteiger partial charge in [0, 0.05) is 32.0 Å². The third-order valence-corrected chi connectivity index (χ3v) is 5.59. The summed E-state index contributed by atoms with van der Waals surface area (Å²) < 4.78 is 5.41. The lowest BCUT2D eigenvalue weighted by Crippen LogP contribution is -2.70. The summed E-state index contributed by atoms with van der Waals surface area (Å²) in [4.78, 5) is 56.1. The van der Waals surface area contributed by atoms with Crippen molar-refractivity contribution in [2.24, 2.45) is 0 Å². The Morgan fingerprint density at radius 3 is 2.45 bits per heavy atom. The van der Waals surface area contributed by atoms with Gasteiger partial charge < -0.3 is 14.5 Å². The van der Waals surface area contributed by atoms with Gasteiger partial charge in [0.2, 0.25) is 11.6 Å². The molecular formula is C21H27N3O5. The van der Waals surface area contributed by atoms with Crippen molar-refractivity contribution in [2.45, 2.75) is 52.2 Å². The van der Waals surface area contributed by atoms with E-state index in [2.05, 4.69) is 0 Å². The maximum Gasteiger partial charge on any atom is 0.354 e. The second-order valence-corrected chi connectivity index (χ2v) is 7.47. The molecule has 1 atom stereocenters. The summed E-state index contributed by atoms with van der Waals surface area (Å²) in [6.45, 7) is 7.87. The zero-order chi connectivity index (χ0) is 21.3. The van der Waals surface area contributed by atoms with E-state index in [0.717, 1.165) is 0 Å². The van der Waals surface area contributed by atoms with Crippen LogP contribution in [0.3, 0.4) is 0 Å². The zero-order valence-electron chi connectivity index (χ0n) is 17.3. The molecule has 0 saturated carbocycles. The van der Waals surface area contributed by atoms with Crippen LogP contribution in [0, 0.1) is 0 Å². The molecule has 3 rings (SSSR count).